The van der Waals surface area contributed by atoms with Crippen LogP contribution in [0.4, 0.5) is 0 Å². The van der Waals surface area contributed by atoms with Crippen molar-refractivity contribution in [1.29, 1.82) is 0 Å². The lowest BCUT2D eigenvalue weighted by Crippen LogP contribution is -2.36. The number of benzene rings is 1. The van der Waals surface area contributed by atoms with Gasteiger partial charge in [0.2, 0.25) is 0 Å². The van der Waals surface area contributed by atoms with Gasteiger partial charge in [0.15, 0.2) is 0 Å². The third-order valence-corrected chi connectivity index (χ3v) is 5.39. The zero-order valence-electron chi connectivity index (χ0n) is 17.9. The molecule has 5 nitrogen and oxygen atoms in total. The molecule has 0 aliphatic rings. The average molecular weight is 379 g/mol. The van der Waals surface area contributed by atoms with Crippen LogP contribution < -0.4 is 0 Å². The SMILES string of the molecule is CCN(C(=O)c1cc(-c2cnn(C(C)C)c2)nc2c(C)c(C)ccc12)C(C)C. The Kier molecular flexibility index (Phi) is 5.54. The number of aromatic nitrogens is 3. The van der Waals surface area contributed by atoms with Gasteiger partial charge in [-0.05, 0) is 65.7 Å². The first-order valence-electron chi connectivity index (χ1n) is 10.0. The van der Waals surface area contributed by atoms with Gasteiger partial charge in [-0.2, -0.15) is 5.10 Å². The molecule has 1 amide bonds. The predicted octanol–water partition coefficient (Wildman–Crippen LogP) is 5.17. The van der Waals surface area contributed by atoms with E-state index in [4.69, 9.17) is 4.98 Å². The quantitative estimate of drug-likeness (QED) is 0.616. The van der Waals surface area contributed by atoms with Gasteiger partial charge in [0.1, 0.15) is 0 Å². The number of carbonyl (C=O) groups excluding carboxylic acids is 1. The number of fused-ring (bicyclic) bond motifs is 1. The predicted molar refractivity (Wildman–Crippen MR) is 115 cm³/mol. The summed E-state index contributed by atoms with van der Waals surface area (Å²) in [5.74, 6) is 0.0469. The fourth-order valence-corrected chi connectivity index (χ4v) is 3.51. The summed E-state index contributed by atoms with van der Waals surface area (Å²) in [6.45, 7) is 15.1. The Morgan fingerprint density at radius 2 is 1.89 bits per heavy atom. The first-order chi connectivity index (χ1) is 13.2. The second-order valence-electron chi connectivity index (χ2n) is 7.95. The Labute approximate surface area is 167 Å². The van der Waals surface area contributed by atoms with E-state index in [1.807, 2.05) is 54.9 Å². The molecule has 0 bridgehead atoms. The molecule has 0 radical (unpaired) electrons. The lowest BCUT2D eigenvalue weighted by atomic mass is 9.99. The van der Waals surface area contributed by atoms with E-state index in [0.717, 1.165) is 27.7 Å². The van der Waals surface area contributed by atoms with E-state index in [2.05, 4.69) is 38.9 Å². The van der Waals surface area contributed by atoms with Gasteiger partial charge in [-0.15, -0.1) is 0 Å². The summed E-state index contributed by atoms with van der Waals surface area (Å²) in [4.78, 5) is 20.2. The van der Waals surface area contributed by atoms with Gasteiger partial charge in [0.05, 0.1) is 23.0 Å². The highest BCUT2D eigenvalue weighted by atomic mass is 16.2. The van der Waals surface area contributed by atoms with Crippen LogP contribution in [0.2, 0.25) is 0 Å². The molecule has 2 aromatic heterocycles. The molecule has 0 N–H and O–H groups in total. The van der Waals surface area contributed by atoms with E-state index in [1.165, 1.54) is 5.56 Å². The van der Waals surface area contributed by atoms with E-state index in [0.29, 0.717) is 12.1 Å². The Morgan fingerprint density at radius 1 is 1.18 bits per heavy atom. The normalized spacial score (nSPS) is 11.6. The van der Waals surface area contributed by atoms with E-state index in [1.54, 1.807) is 0 Å². The second-order valence-corrected chi connectivity index (χ2v) is 7.95. The molecule has 0 atom stereocenters. The zero-order chi connectivity index (χ0) is 20.6. The van der Waals surface area contributed by atoms with Crippen molar-refractivity contribution in [2.75, 3.05) is 6.54 Å². The smallest absolute Gasteiger partial charge is 0.254 e. The topological polar surface area (TPSA) is 51.0 Å². The number of aryl methyl sites for hydroxylation is 2. The number of rotatable bonds is 5. The third-order valence-electron chi connectivity index (χ3n) is 5.39. The molecule has 0 unspecified atom stereocenters. The van der Waals surface area contributed by atoms with Crippen LogP contribution in [-0.2, 0) is 0 Å². The molecular formula is C23H30N4O. The fourth-order valence-electron chi connectivity index (χ4n) is 3.51. The number of nitrogens with zero attached hydrogens (tertiary/aromatic N) is 4. The summed E-state index contributed by atoms with van der Waals surface area (Å²) in [5.41, 5.74) is 5.59. The van der Waals surface area contributed by atoms with Gasteiger partial charge in [0, 0.05) is 35.8 Å². The van der Waals surface area contributed by atoms with Crippen LogP contribution in [0.3, 0.4) is 0 Å². The fraction of sp³-hybridized carbons (Fsp3) is 0.435. The van der Waals surface area contributed by atoms with Crippen molar-refractivity contribution in [2.45, 2.75) is 60.5 Å². The first kappa shape index (κ1) is 20.1. The van der Waals surface area contributed by atoms with Gasteiger partial charge in [-0.1, -0.05) is 12.1 Å². The van der Waals surface area contributed by atoms with E-state index in [9.17, 15) is 4.79 Å². The largest absolute Gasteiger partial charge is 0.336 e. The molecule has 1 aromatic carbocycles. The van der Waals surface area contributed by atoms with Gasteiger partial charge < -0.3 is 4.90 Å². The monoisotopic (exact) mass is 378 g/mol. The van der Waals surface area contributed by atoms with Crippen LogP contribution in [0.5, 0.6) is 0 Å². The summed E-state index contributed by atoms with van der Waals surface area (Å²) >= 11 is 0. The van der Waals surface area contributed by atoms with E-state index >= 15 is 0 Å². The molecule has 28 heavy (non-hydrogen) atoms. The molecule has 2 heterocycles. The van der Waals surface area contributed by atoms with Crippen LogP contribution >= 0.6 is 0 Å². The third kappa shape index (κ3) is 3.53. The van der Waals surface area contributed by atoms with Crippen molar-refractivity contribution >= 4 is 16.8 Å². The maximum Gasteiger partial charge on any atom is 0.254 e. The highest BCUT2D eigenvalue weighted by Gasteiger charge is 2.22. The Hall–Kier alpha value is -2.69. The molecule has 0 fully saturated rings. The molecule has 0 saturated heterocycles. The Bertz CT molecular complexity index is 1020. The standard InChI is InChI=1S/C23H30N4O/c1-8-26(14(2)3)23(28)20-11-21(18-12-24-27(13-18)15(4)5)25-22-17(7)16(6)9-10-19(20)22/h9-15H,8H2,1-7H3. The lowest BCUT2D eigenvalue weighted by molar-refractivity contribution is 0.0719. The summed E-state index contributed by atoms with van der Waals surface area (Å²) in [6, 6.07) is 6.42. The van der Waals surface area contributed by atoms with Crippen molar-refractivity contribution in [3.8, 4) is 11.3 Å². The summed E-state index contributed by atoms with van der Waals surface area (Å²) < 4.78 is 1.91. The molecule has 3 rings (SSSR count). The highest BCUT2D eigenvalue weighted by molar-refractivity contribution is 6.08. The molecule has 0 spiro atoms. The van der Waals surface area contributed by atoms with Crippen LogP contribution in [0.25, 0.3) is 22.2 Å². The Balaban J connectivity index is 2.26. The van der Waals surface area contributed by atoms with Crippen molar-refractivity contribution in [2.24, 2.45) is 0 Å². The molecule has 0 aliphatic carbocycles. The van der Waals surface area contributed by atoms with Crippen LogP contribution in [0.15, 0.2) is 30.6 Å². The minimum Gasteiger partial charge on any atom is -0.336 e. The molecular weight excluding hydrogens is 348 g/mol. The number of hydrogen-bond acceptors (Lipinski definition) is 3. The number of amides is 1. The van der Waals surface area contributed by atoms with Crippen molar-refractivity contribution < 1.29 is 4.79 Å². The number of carbonyl (C=O) groups is 1. The highest BCUT2D eigenvalue weighted by Crippen LogP contribution is 2.29. The summed E-state index contributed by atoms with van der Waals surface area (Å²) in [6.07, 6.45) is 3.83. The first-order valence-corrected chi connectivity index (χ1v) is 10.0. The van der Waals surface area contributed by atoms with Gasteiger partial charge in [-0.3, -0.25) is 9.48 Å². The minimum absolute atomic E-state index is 0.0469. The van der Waals surface area contributed by atoms with Gasteiger partial charge in [0.25, 0.3) is 5.91 Å². The van der Waals surface area contributed by atoms with Crippen LogP contribution in [-0.4, -0.2) is 38.2 Å². The lowest BCUT2D eigenvalue weighted by Gasteiger charge is -2.26. The minimum atomic E-state index is 0.0469. The average Bonchev–Trinajstić information content (AvgIpc) is 3.14. The van der Waals surface area contributed by atoms with E-state index in [-0.39, 0.29) is 18.0 Å². The molecule has 0 aliphatic heterocycles. The second kappa shape index (κ2) is 7.74. The van der Waals surface area contributed by atoms with Crippen molar-refractivity contribution in [3.63, 3.8) is 0 Å². The molecule has 3 aromatic rings. The molecule has 5 heteroatoms. The summed E-state index contributed by atoms with van der Waals surface area (Å²) in [7, 11) is 0. The number of pyridine rings is 1. The van der Waals surface area contributed by atoms with Gasteiger partial charge in [-0.25, -0.2) is 4.98 Å². The van der Waals surface area contributed by atoms with Crippen LogP contribution in [0, 0.1) is 13.8 Å². The zero-order valence-corrected chi connectivity index (χ0v) is 17.9. The maximum atomic E-state index is 13.4. The van der Waals surface area contributed by atoms with Crippen molar-refractivity contribution in [3.05, 3.63) is 47.3 Å². The van der Waals surface area contributed by atoms with E-state index < -0.39 is 0 Å². The van der Waals surface area contributed by atoms with Crippen LogP contribution in [0.1, 0.15) is 62.1 Å². The van der Waals surface area contributed by atoms with Crippen molar-refractivity contribution in [1.82, 2.24) is 19.7 Å². The Morgan fingerprint density at radius 3 is 2.46 bits per heavy atom. The molecule has 148 valence electrons. The maximum absolute atomic E-state index is 13.4. The van der Waals surface area contributed by atoms with Gasteiger partial charge >= 0.3 is 0 Å². The summed E-state index contributed by atoms with van der Waals surface area (Å²) in [5, 5.41) is 5.36. The number of hydrogen-bond donors (Lipinski definition) is 0. The molecule has 0 saturated carbocycles.